The Bertz CT molecular complexity index is 3330. The highest BCUT2D eigenvalue weighted by atomic mass is 16.3. The summed E-state index contributed by atoms with van der Waals surface area (Å²) in [4.78, 5) is 15.8. The highest BCUT2D eigenvalue weighted by Crippen LogP contribution is 2.48. The van der Waals surface area contributed by atoms with Crippen LogP contribution in [0.15, 0.2) is 173 Å². The van der Waals surface area contributed by atoms with E-state index in [0.29, 0.717) is 17.5 Å². The number of rotatable bonds is 4. The van der Waals surface area contributed by atoms with Crippen LogP contribution in [0.5, 0.6) is 0 Å². The second kappa shape index (κ2) is 11.1. The predicted molar refractivity (Wildman–Crippen MR) is 218 cm³/mol. The fourth-order valence-corrected chi connectivity index (χ4v) is 8.46. The van der Waals surface area contributed by atoms with Crippen molar-refractivity contribution in [3.63, 3.8) is 0 Å². The Labute approximate surface area is 308 Å². The first-order valence-corrected chi connectivity index (χ1v) is 18.1. The summed E-state index contributed by atoms with van der Waals surface area (Å²) >= 11 is 0. The van der Waals surface area contributed by atoms with Gasteiger partial charge in [-0.2, -0.15) is 0 Å². The average molecular weight is 690 g/mol. The third-order valence-corrected chi connectivity index (χ3v) is 10.9. The van der Waals surface area contributed by atoms with Gasteiger partial charge in [-0.15, -0.1) is 0 Å². The van der Waals surface area contributed by atoms with Gasteiger partial charge in [-0.05, 0) is 80.6 Å². The van der Waals surface area contributed by atoms with Crippen molar-refractivity contribution < 1.29 is 8.83 Å². The van der Waals surface area contributed by atoms with E-state index in [9.17, 15) is 0 Å². The Morgan fingerprint density at radius 1 is 0.296 bits per heavy atom. The number of hydrogen-bond acceptors (Lipinski definition) is 5. The number of furan rings is 2. The Morgan fingerprint density at radius 3 is 1.63 bits per heavy atom. The van der Waals surface area contributed by atoms with Gasteiger partial charge in [-0.25, -0.2) is 15.0 Å². The monoisotopic (exact) mass is 689 g/mol. The smallest absolute Gasteiger partial charge is 0.164 e. The maximum atomic E-state index is 6.53. The Hall–Kier alpha value is -7.37. The Kier molecular flexibility index (Phi) is 5.99. The van der Waals surface area contributed by atoms with Gasteiger partial charge in [0, 0.05) is 38.2 Å². The van der Waals surface area contributed by atoms with Gasteiger partial charge in [0.2, 0.25) is 0 Å². The van der Waals surface area contributed by atoms with Crippen LogP contribution in [0.1, 0.15) is 0 Å². The minimum atomic E-state index is 0.575. The molecule has 0 bridgehead atoms. The molecule has 0 saturated heterocycles. The summed E-state index contributed by atoms with van der Waals surface area (Å²) in [6, 6.07) is 56.8. The molecule has 0 unspecified atom stereocenters. The zero-order valence-electron chi connectivity index (χ0n) is 28.7. The fourth-order valence-electron chi connectivity index (χ4n) is 8.46. The van der Waals surface area contributed by atoms with E-state index in [1.54, 1.807) is 0 Å². The van der Waals surface area contributed by atoms with Gasteiger partial charge < -0.3 is 8.83 Å². The lowest BCUT2D eigenvalue weighted by Gasteiger charge is -2.11. The molecule has 1 aliphatic rings. The van der Waals surface area contributed by atoms with Gasteiger partial charge in [-0.1, -0.05) is 127 Å². The topological polar surface area (TPSA) is 65.0 Å². The van der Waals surface area contributed by atoms with Gasteiger partial charge in [-0.3, -0.25) is 0 Å². The molecule has 0 atom stereocenters. The fraction of sp³-hybridized carbons (Fsp3) is 0. The van der Waals surface area contributed by atoms with Crippen molar-refractivity contribution in [2.75, 3.05) is 0 Å². The van der Waals surface area contributed by atoms with E-state index in [1.807, 2.05) is 48.5 Å². The number of hydrogen-bond donors (Lipinski definition) is 0. The third kappa shape index (κ3) is 4.24. The highest BCUT2D eigenvalue weighted by molar-refractivity contribution is 6.16. The van der Waals surface area contributed by atoms with E-state index < -0.39 is 0 Å². The Balaban J connectivity index is 1.11. The van der Waals surface area contributed by atoms with Crippen LogP contribution in [0.2, 0.25) is 0 Å². The second-order valence-electron chi connectivity index (χ2n) is 13.9. The molecule has 12 rings (SSSR count). The summed E-state index contributed by atoms with van der Waals surface area (Å²) in [5.41, 5.74) is 13.0. The van der Waals surface area contributed by atoms with Crippen molar-refractivity contribution >= 4 is 54.6 Å². The summed E-state index contributed by atoms with van der Waals surface area (Å²) < 4.78 is 12.8. The van der Waals surface area contributed by atoms with Crippen molar-refractivity contribution in [2.24, 2.45) is 0 Å². The summed E-state index contributed by atoms with van der Waals surface area (Å²) in [5, 5.41) is 6.51. The number of benzene rings is 8. The predicted octanol–water partition coefficient (Wildman–Crippen LogP) is 13.1. The molecule has 0 fully saturated rings. The normalized spacial score (nSPS) is 12.1. The lowest BCUT2D eigenvalue weighted by molar-refractivity contribution is 0.668. The van der Waals surface area contributed by atoms with Gasteiger partial charge >= 0.3 is 0 Å². The third-order valence-electron chi connectivity index (χ3n) is 10.9. The summed E-state index contributed by atoms with van der Waals surface area (Å²) in [5.74, 6) is 1.75. The van der Waals surface area contributed by atoms with Crippen molar-refractivity contribution in [1.82, 2.24) is 15.0 Å². The summed E-state index contributed by atoms with van der Waals surface area (Å²) in [6.45, 7) is 0. The van der Waals surface area contributed by atoms with Crippen molar-refractivity contribution in [2.45, 2.75) is 0 Å². The Morgan fingerprint density at radius 2 is 0.870 bits per heavy atom. The van der Waals surface area contributed by atoms with E-state index in [1.165, 1.54) is 33.0 Å². The molecule has 5 heteroatoms. The lowest BCUT2D eigenvalue weighted by atomic mass is 10.0. The minimum absolute atomic E-state index is 0.575. The molecule has 250 valence electrons. The van der Waals surface area contributed by atoms with E-state index in [0.717, 1.165) is 71.7 Å². The number of fused-ring (bicyclic) bond motifs is 9. The molecule has 8 aromatic carbocycles. The minimum Gasteiger partial charge on any atom is -0.456 e. The number of nitrogens with zero attached hydrogens (tertiary/aromatic N) is 3. The van der Waals surface area contributed by atoms with Gasteiger partial charge in [0.05, 0.1) is 0 Å². The molecular formula is C49H27N3O2. The molecule has 1 aliphatic carbocycles. The van der Waals surface area contributed by atoms with Crippen LogP contribution in [0.25, 0.3) is 122 Å². The van der Waals surface area contributed by atoms with Crippen molar-refractivity contribution in [3.05, 3.63) is 164 Å². The zero-order valence-corrected chi connectivity index (χ0v) is 28.7. The molecular weight excluding hydrogens is 663 g/mol. The largest absolute Gasteiger partial charge is 0.456 e. The van der Waals surface area contributed by atoms with Gasteiger partial charge in [0.25, 0.3) is 0 Å². The first-order chi connectivity index (χ1) is 26.7. The molecule has 0 radical (unpaired) electrons. The quantitative estimate of drug-likeness (QED) is 0.184. The molecule has 3 aromatic heterocycles. The van der Waals surface area contributed by atoms with Crippen LogP contribution in [-0.2, 0) is 0 Å². The van der Waals surface area contributed by atoms with Crippen LogP contribution < -0.4 is 0 Å². The summed E-state index contributed by atoms with van der Waals surface area (Å²) in [6.07, 6.45) is 0. The maximum Gasteiger partial charge on any atom is 0.164 e. The summed E-state index contributed by atoms with van der Waals surface area (Å²) in [7, 11) is 0. The van der Waals surface area contributed by atoms with Crippen LogP contribution in [-0.4, -0.2) is 15.0 Å². The highest BCUT2D eigenvalue weighted by Gasteiger charge is 2.24. The number of aromatic nitrogens is 3. The van der Waals surface area contributed by atoms with Crippen LogP contribution in [0, 0.1) is 0 Å². The van der Waals surface area contributed by atoms with E-state index >= 15 is 0 Å². The zero-order chi connectivity index (χ0) is 35.3. The van der Waals surface area contributed by atoms with Crippen molar-refractivity contribution in [3.8, 4) is 67.5 Å². The van der Waals surface area contributed by atoms with E-state index in [2.05, 4.69) is 115 Å². The van der Waals surface area contributed by atoms with Crippen LogP contribution in [0.3, 0.4) is 0 Å². The van der Waals surface area contributed by atoms with Crippen molar-refractivity contribution in [1.29, 1.82) is 0 Å². The number of para-hydroxylation sites is 1. The van der Waals surface area contributed by atoms with Crippen LogP contribution >= 0.6 is 0 Å². The van der Waals surface area contributed by atoms with Gasteiger partial charge in [0.1, 0.15) is 22.3 Å². The molecule has 0 saturated carbocycles. The average Bonchev–Trinajstić information content (AvgIpc) is 3.91. The second-order valence-corrected chi connectivity index (χ2v) is 13.9. The lowest BCUT2D eigenvalue weighted by Crippen LogP contribution is -2.01. The van der Waals surface area contributed by atoms with Gasteiger partial charge in [0.15, 0.2) is 17.5 Å². The molecule has 11 aromatic rings. The van der Waals surface area contributed by atoms with E-state index in [4.69, 9.17) is 23.8 Å². The van der Waals surface area contributed by atoms with E-state index in [-0.39, 0.29) is 0 Å². The first kappa shape index (κ1) is 29.2. The molecule has 0 N–H and O–H groups in total. The standard InChI is InChI=1S/C49H27N3O2/c1-2-10-28(11-3-1)30-22-25-36-43(27-30)54-42-21-9-18-38(46(36)42)49-51-47(31-23-24-32-33-15-6-12-29-13-7-16-34(44(29)33)39(32)26-31)50-48(52-49)37-17-8-20-41-45(37)35-14-4-5-19-40(35)53-41/h1-27H. The molecule has 54 heavy (non-hydrogen) atoms. The SMILES string of the molecule is c1ccc(-c2ccc3c(c2)oc2cccc(-c4nc(-c5ccc6c(c5)-c5cccc7cccc-6c57)nc(-c5cccc6oc7ccccc7c56)n4)c23)cc1. The van der Waals surface area contributed by atoms with Crippen LogP contribution in [0.4, 0.5) is 0 Å². The molecule has 0 aliphatic heterocycles. The molecule has 5 nitrogen and oxygen atoms in total. The maximum absolute atomic E-state index is 6.53. The molecule has 0 spiro atoms. The molecule has 0 amide bonds. The first-order valence-electron chi connectivity index (χ1n) is 18.1. The molecule has 3 heterocycles.